The number of rotatable bonds is 8. The summed E-state index contributed by atoms with van der Waals surface area (Å²) < 4.78 is 71.3. The van der Waals surface area contributed by atoms with E-state index in [2.05, 4.69) is 15.6 Å². The van der Waals surface area contributed by atoms with Gasteiger partial charge in [-0.15, -0.1) is 0 Å². The number of sulfonamides is 2. The van der Waals surface area contributed by atoms with Gasteiger partial charge in [-0.1, -0.05) is 6.07 Å². The Balaban J connectivity index is 1.51. The normalized spacial score (nSPS) is 15.0. The summed E-state index contributed by atoms with van der Waals surface area (Å²) in [5.74, 6) is -2.02. The van der Waals surface area contributed by atoms with Crippen LogP contribution in [-0.2, 0) is 29.6 Å². The Morgan fingerprint density at radius 3 is 2.29 bits per heavy atom. The number of hydrogen-bond donors (Lipinski definition) is 3. The lowest BCUT2D eigenvalue weighted by Crippen LogP contribution is -2.43. The van der Waals surface area contributed by atoms with Gasteiger partial charge < -0.3 is 4.74 Å². The fourth-order valence-electron chi connectivity index (χ4n) is 2.99. The molecule has 0 radical (unpaired) electrons. The molecule has 0 saturated carbocycles. The Morgan fingerprint density at radius 1 is 0.941 bits per heavy atom. The summed E-state index contributed by atoms with van der Waals surface area (Å²) >= 11 is 0. The number of nitrogens with one attached hydrogen (secondary N) is 3. The Labute approximate surface area is 196 Å². The van der Waals surface area contributed by atoms with Crippen LogP contribution in [0.2, 0.25) is 0 Å². The van der Waals surface area contributed by atoms with Crippen molar-refractivity contribution in [3.63, 3.8) is 0 Å². The van der Waals surface area contributed by atoms with Crippen LogP contribution in [0.1, 0.15) is 16.8 Å². The highest BCUT2D eigenvalue weighted by Crippen LogP contribution is 2.18. The molecule has 2 aromatic carbocycles. The zero-order valence-electron chi connectivity index (χ0n) is 17.9. The smallest absolute Gasteiger partial charge is 0.269 e. The summed E-state index contributed by atoms with van der Waals surface area (Å²) in [5.41, 5.74) is 4.30. The molecule has 3 rings (SSSR count). The van der Waals surface area contributed by atoms with Gasteiger partial charge in [0.25, 0.3) is 5.91 Å². The number of hydrogen-bond acceptors (Lipinski definition) is 7. The van der Waals surface area contributed by atoms with Crippen LogP contribution in [0.15, 0.2) is 58.3 Å². The highest BCUT2D eigenvalue weighted by atomic mass is 32.2. The van der Waals surface area contributed by atoms with Gasteiger partial charge in [-0.25, -0.2) is 25.9 Å². The van der Waals surface area contributed by atoms with Crippen molar-refractivity contribution in [1.29, 1.82) is 0 Å². The average molecular weight is 515 g/mol. The van der Waals surface area contributed by atoms with Crippen molar-refractivity contribution in [1.82, 2.24) is 19.9 Å². The number of ether oxygens (including phenoxy) is 1. The molecular weight excluding hydrogens is 491 g/mol. The lowest BCUT2D eigenvalue weighted by Gasteiger charge is -2.26. The summed E-state index contributed by atoms with van der Waals surface area (Å²) in [6.45, 7) is 0.713. The summed E-state index contributed by atoms with van der Waals surface area (Å²) in [6.07, 6.45) is -0.299. The number of nitrogens with zero attached hydrogens (tertiary/aromatic N) is 1. The molecule has 2 amide bonds. The number of halogens is 1. The molecule has 3 N–H and O–H groups in total. The molecule has 0 aromatic heterocycles. The van der Waals surface area contributed by atoms with Crippen molar-refractivity contribution >= 4 is 31.9 Å². The molecule has 184 valence electrons. The Morgan fingerprint density at radius 2 is 1.62 bits per heavy atom. The van der Waals surface area contributed by atoms with Crippen molar-refractivity contribution < 1.29 is 35.6 Å². The van der Waals surface area contributed by atoms with Crippen molar-refractivity contribution in [2.75, 3.05) is 32.8 Å². The zero-order chi connectivity index (χ0) is 24.8. The molecule has 1 aliphatic heterocycles. The minimum atomic E-state index is -3.93. The second-order valence-corrected chi connectivity index (χ2v) is 10.9. The number of hydrazine groups is 1. The molecule has 1 heterocycles. The fraction of sp³-hybridized carbons (Fsp3) is 0.300. The van der Waals surface area contributed by atoms with Gasteiger partial charge in [0, 0.05) is 31.6 Å². The molecule has 0 spiro atoms. The topological polar surface area (TPSA) is 151 Å². The quantitative estimate of drug-likeness (QED) is 0.419. The highest BCUT2D eigenvalue weighted by Gasteiger charge is 2.27. The molecule has 14 heteroatoms. The molecule has 11 nitrogen and oxygen atoms in total. The van der Waals surface area contributed by atoms with Gasteiger partial charge in [-0.05, 0) is 42.5 Å². The van der Waals surface area contributed by atoms with Crippen molar-refractivity contribution in [2.45, 2.75) is 16.2 Å². The summed E-state index contributed by atoms with van der Waals surface area (Å²) in [4.78, 5) is 24.1. The van der Waals surface area contributed by atoms with Crippen LogP contribution >= 0.6 is 0 Å². The van der Waals surface area contributed by atoms with Gasteiger partial charge in [0.15, 0.2) is 0 Å². The fourth-order valence-corrected chi connectivity index (χ4v) is 5.48. The third-order valence-electron chi connectivity index (χ3n) is 4.79. The van der Waals surface area contributed by atoms with Crippen LogP contribution in [0.3, 0.4) is 0 Å². The predicted octanol–water partition coefficient (Wildman–Crippen LogP) is -0.0238. The second-order valence-electron chi connectivity index (χ2n) is 7.15. The Kier molecular flexibility index (Phi) is 8.33. The molecular formula is C20H23FN4O7S2. The molecule has 34 heavy (non-hydrogen) atoms. The Hall–Kier alpha value is -2.91. The number of carbonyl (C=O) groups excluding carboxylic acids is 2. The lowest BCUT2D eigenvalue weighted by molar-refractivity contribution is -0.121. The number of amides is 2. The largest absolute Gasteiger partial charge is 0.379 e. The van der Waals surface area contributed by atoms with E-state index in [1.165, 1.54) is 28.6 Å². The second kappa shape index (κ2) is 11.0. The molecule has 2 aromatic rings. The molecule has 1 fully saturated rings. The first kappa shape index (κ1) is 25.7. The molecule has 0 bridgehead atoms. The van der Waals surface area contributed by atoms with Gasteiger partial charge in [-0.3, -0.25) is 20.4 Å². The van der Waals surface area contributed by atoms with E-state index in [4.69, 9.17) is 4.74 Å². The molecule has 0 aliphatic carbocycles. The predicted molar refractivity (Wildman–Crippen MR) is 118 cm³/mol. The maximum absolute atomic E-state index is 12.9. The minimum Gasteiger partial charge on any atom is -0.379 e. The van der Waals surface area contributed by atoms with E-state index in [0.717, 1.165) is 24.3 Å². The molecule has 1 aliphatic rings. The lowest BCUT2D eigenvalue weighted by atomic mass is 10.2. The van der Waals surface area contributed by atoms with E-state index in [1.807, 2.05) is 0 Å². The number of carbonyl (C=O) groups is 2. The average Bonchev–Trinajstić information content (AvgIpc) is 2.83. The van der Waals surface area contributed by atoms with E-state index in [0.29, 0.717) is 0 Å². The maximum Gasteiger partial charge on any atom is 0.269 e. The standard InChI is InChI=1S/C20H23FN4O7S2/c21-16-4-6-17(7-5-16)33(28,29)22-9-8-19(26)23-24-20(27)15-2-1-3-18(14-15)34(30,31)25-10-12-32-13-11-25/h1-7,14,22H,8-13H2,(H,23,26)(H,24,27). The van der Waals surface area contributed by atoms with Crippen molar-refractivity contribution in [3.05, 3.63) is 59.9 Å². The maximum atomic E-state index is 12.9. The number of benzene rings is 2. The van der Waals surface area contributed by atoms with Crippen LogP contribution in [0.5, 0.6) is 0 Å². The van der Waals surface area contributed by atoms with Crippen molar-refractivity contribution in [3.8, 4) is 0 Å². The monoisotopic (exact) mass is 514 g/mol. The summed E-state index contributed by atoms with van der Waals surface area (Å²) in [6, 6.07) is 9.54. The molecule has 0 unspecified atom stereocenters. The highest BCUT2D eigenvalue weighted by molar-refractivity contribution is 7.89. The summed E-state index contributed by atoms with van der Waals surface area (Å²) in [5, 5.41) is 0. The third-order valence-corrected chi connectivity index (χ3v) is 8.16. The summed E-state index contributed by atoms with van der Waals surface area (Å²) in [7, 11) is -7.73. The van der Waals surface area contributed by atoms with Crippen LogP contribution in [-0.4, -0.2) is 65.8 Å². The first-order chi connectivity index (χ1) is 16.1. The van der Waals surface area contributed by atoms with E-state index < -0.39 is 37.7 Å². The van der Waals surface area contributed by atoms with Gasteiger partial charge in [0.2, 0.25) is 26.0 Å². The van der Waals surface area contributed by atoms with E-state index in [-0.39, 0.29) is 54.6 Å². The van der Waals surface area contributed by atoms with Crippen LogP contribution < -0.4 is 15.6 Å². The van der Waals surface area contributed by atoms with Crippen LogP contribution in [0.4, 0.5) is 4.39 Å². The molecule has 0 atom stereocenters. The van der Waals surface area contributed by atoms with E-state index in [1.54, 1.807) is 0 Å². The first-order valence-corrected chi connectivity index (χ1v) is 13.0. The first-order valence-electron chi connectivity index (χ1n) is 10.1. The van der Waals surface area contributed by atoms with Gasteiger partial charge in [0.1, 0.15) is 5.82 Å². The van der Waals surface area contributed by atoms with Gasteiger partial charge in [-0.2, -0.15) is 4.31 Å². The van der Waals surface area contributed by atoms with E-state index in [9.17, 15) is 30.8 Å². The van der Waals surface area contributed by atoms with Crippen molar-refractivity contribution in [2.24, 2.45) is 0 Å². The number of morpholine rings is 1. The van der Waals surface area contributed by atoms with Gasteiger partial charge in [0.05, 0.1) is 23.0 Å². The van der Waals surface area contributed by atoms with E-state index >= 15 is 0 Å². The van der Waals surface area contributed by atoms with Crippen LogP contribution in [0, 0.1) is 5.82 Å². The third kappa shape index (κ3) is 6.57. The van der Waals surface area contributed by atoms with Crippen LogP contribution in [0.25, 0.3) is 0 Å². The Bertz CT molecular complexity index is 1250. The SMILES string of the molecule is O=C(CCNS(=O)(=O)c1ccc(F)cc1)NNC(=O)c1cccc(S(=O)(=O)N2CCOCC2)c1. The molecule has 1 saturated heterocycles. The minimum absolute atomic E-state index is 0.00615. The zero-order valence-corrected chi connectivity index (χ0v) is 19.5. The van der Waals surface area contributed by atoms with Gasteiger partial charge >= 0.3 is 0 Å².